The van der Waals surface area contributed by atoms with Crippen LogP contribution in [0.2, 0.25) is 0 Å². The molecule has 0 spiro atoms. The van der Waals surface area contributed by atoms with Crippen molar-refractivity contribution in [1.29, 1.82) is 0 Å². The van der Waals surface area contributed by atoms with Gasteiger partial charge in [-0.3, -0.25) is 0 Å². The first-order chi connectivity index (χ1) is 8.77. The molecule has 0 heterocycles. The first kappa shape index (κ1) is 18.2. The first-order valence-corrected chi connectivity index (χ1v) is 9.77. The zero-order valence-corrected chi connectivity index (χ0v) is 17.3. The average Bonchev–Trinajstić information content (AvgIpc) is 2.68. The van der Waals surface area contributed by atoms with Crippen LogP contribution in [0.5, 0.6) is 0 Å². The fraction of sp³-hybridized carbons (Fsp3) is 0.556. The minimum atomic E-state index is -0.601. The minimum absolute atomic E-state index is 0. The van der Waals surface area contributed by atoms with Gasteiger partial charge in [0, 0.05) is 0 Å². The van der Waals surface area contributed by atoms with Crippen LogP contribution < -0.4 is 0 Å². The van der Waals surface area contributed by atoms with Crippen LogP contribution in [0, 0.1) is 11.8 Å². The van der Waals surface area contributed by atoms with Crippen molar-refractivity contribution in [2.45, 2.75) is 55.4 Å². The Morgan fingerprint density at radius 3 is 1.10 bits per heavy atom. The van der Waals surface area contributed by atoms with Gasteiger partial charge >= 0.3 is 130 Å². The van der Waals surface area contributed by atoms with Gasteiger partial charge in [-0.25, -0.2) is 0 Å². The van der Waals surface area contributed by atoms with Gasteiger partial charge in [-0.1, -0.05) is 0 Å². The molecule has 0 fully saturated rings. The fourth-order valence-corrected chi connectivity index (χ4v) is 7.96. The Morgan fingerprint density at radius 1 is 0.600 bits per heavy atom. The summed E-state index contributed by atoms with van der Waals surface area (Å²) in [5.41, 5.74) is 9.58. The van der Waals surface area contributed by atoms with Gasteiger partial charge in [-0.2, -0.15) is 0 Å². The predicted molar refractivity (Wildman–Crippen MR) is 87.7 cm³/mol. The minimum Gasteiger partial charge on any atom is -0.147 e. The van der Waals surface area contributed by atoms with Crippen molar-refractivity contribution < 1.29 is 23.2 Å². The van der Waals surface area contributed by atoms with E-state index < -0.39 is 23.2 Å². The molecule has 0 saturated heterocycles. The number of allylic oxidation sites excluding steroid dienone is 8. The van der Waals surface area contributed by atoms with Gasteiger partial charge in [0.2, 0.25) is 0 Å². The van der Waals surface area contributed by atoms with Crippen molar-refractivity contribution in [2.75, 3.05) is 0 Å². The number of halogens is 1. The molecule has 2 heteroatoms. The van der Waals surface area contributed by atoms with E-state index in [9.17, 15) is 0 Å². The molecule has 0 nitrogen and oxygen atoms in total. The van der Waals surface area contributed by atoms with Gasteiger partial charge < -0.3 is 0 Å². The molecule has 110 valence electrons. The second-order valence-corrected chi connectivity index (χ2v) is 9.52. The first-order valence-electron chi connectivity index (χ1n) is 7.31. The average molecular weight is 370 g/mol. The molecule has 2 aliphatic rings. The maximum Gasteiger partial charge on any atom is -0.147 e. The Bertz CT molecular complexity index is 508. The van der Waals surface area contributed by atoms with Gasteiger partial charge in [-0.05, 0) is 0 Å². The largest absolute Gasteiger partial charge is 0.147 e. The van der Waals surface area contributed by atoms with Crippen molar-refractivity contribution >= 4 is 12.4 Å². The molecule has 2 aliphatic carbocycles. The fourth-order valence-electron chi connectivity index (χ4n) is 3.28. The number of hydrogen-bond donors (Lipinski definition) is 0. The quantitative estimate of drug-likeness (QED) is 0.559. The van der Waals surface area contributed by atoms with Crippen molar-refractivity contribution in [1.82, 2.24) is 0 Å². The van der Waals surface area contributed by atoms with Crippen molar-refractivity contribution in [3.05, 3.63) is 40.0 Å². The molecule has 0 aliphatic heterocycles. The second-order valence-electron chi connectivity index (χ2n) is 6.26. The summed E-state index contributed by atoms with van der Waals surface area (Å²) in [5.74, 6) is 1.42. The van der Waals surface area contributed by atoms with Crippen LogP contribution in [0.1, 0.15) is 55.4 Å². The smallest absolute Gasteiger partial charge is 0.147 e. The van der Waals surface area contributed by atoms with Gasteiger partial charge in [0.1, 0.15) is 0 Å². The summed E-state index contributed by atoms with van der Waals surface area (Å²) in [4.78, 5) is 0. The SMILES string of the molecule is CC1=C(C)C(C)[C]([Zr][C]2=C(C)C(C)=C(C)C2C)=C1C.Cl. The Labute approximate surface area is 142 Å². The molecular formula is C18H27ClZr. The molecule has 0 bridgehead atoms. The molecule has 0 N–H and O–H groups in total. The van der Waals surface area contributed by atoms with E-state index in [0.717, 1.165) is 0 Å². The third kappa shape index (κ3) is 2.73. The summed E-state index contributed by atoms with van der Waals surface area (Å²) in [6, 6.07) is 0. The molecule has 0 amide bonds. The van der Waals surface area contributed by atoms with E-state index >= 15 is 0 Å². The molecular weight excluding hydrogens is 343 g/mol. The van der Waals surface area contributed by atoms with Gasteiger partial charge in [0.25, 0.3) is 0 Å². The van der Waals surface area contributed by atoms with Crippen LogP contribution in [0.3, 0.4) is 0 Å². The Kier molecular flexibility index (Phi) is 5.90. The summed E-state index contributed by atoms with van der Waals surface area (Å²) < 4.78 is 3.64. The molecule has 2 atom stereocenters. The van der Waals surface area contributed by atoms with Crippen molar-refractivity contribution in [3.8, 4) is 0 Å². The van der Waals surface area contributed by atoms with Crippen LogP contribution in [-0.2, 0) is 23.2 Å². The maximum absolute atomic E-state index is 2.41. The molecule has 2 unspecified atom stereocenters. The summed E-state index contributed by atoms with van der Waals surface area (Å²) >= 11 is -0.601. The van der Waals surface area contributed by atoms with Crippen LogP contribution in [0.4, 0.5) is 0 Å². The Hall–Kier alpha value is 0.133. The van der Waals surface area contributed by atoms with E-state index in [1.54, 1.807) is 33.4 Å². The van der Waals surface area contributed by atoms with Crippen LogP contribution in [-0.4, -0.2) is 0 Å². The molecule has 0 radical (unpaired) electrons. The van der Waals surface area contributed by atoms with Gasteiger partial charge in [-0.15, -0.1) is 12.4 Å². The predicted octanol–water partition coefficient (Wildman–Crippen LogP) is 6.01. The summed E-state index contributed by atoms with van der Waals surface area (Å²) in [7, 11) is 0. The molecule has 2 rings (SSSR count). The van der Waals surface area contributed by atoms with E-state index in [-0.39, 0.29) is 12.4 Å². The van der Waals surface area contributed by atoms with Gasteiger partial charge in [0.05, 0.1) is 0 Å². The molecule has 0 aromatic heterocycles. The topological polar surface area (TPSA) is 0 Å². The normalized spacial score (nSPS) is 26.8. The zero-order chi connectivity index (χ0) is 14.5. The van der Waals surface area contributed by atoms with Crippen LogP contribution >= 0.6 is 12.4 Å². The Morgan fingerprint density at radius 2 is 0.900 bits per heavy atom. The number of rotatable bonds is 2. The molecule has 0 aromatic carbocycles. The van der Waals surface area contributed by atoms with Crippen molar-refractivity contribution in [2.24, 2.45) is 11.8 Å². The van der Waals surface area contributed by atoms with Gasteiger partial charge in [0.15, 0.2) is 0 Å². The monoisotopic (exact) mass is 368 g/mol. The summed E-state index contributed by atoms with van der Waals surface area (Å²) in [6.07, 6.45) is 0. The van der Waals surface area contributed by atoms with E-state index in [0.29, 0.717) is 11.8 Å². The molecule has 0 aromatic rings. The number of hydrogen-bond acceptors (Lipinski definition) is 0. The Balaban J connectivity index is 0.00000200. The van der Waals surface area contributed by atoms with Crippen LogP contribution in [0.25, 0.3) is 0 Å². The standard InChI is InChI=1S/2C9H13.ClH.Zr/c2*1-6-5-7(2)9(4)8(6)3;;/h2*6H,1-4H3;1H;. The van der Waals surface area contributed by atoms with E-state index in [1.165, 1.54) is 0 Å². The zero-order valence-electron chi connectivity index (χ0n) is 14.1. The van der Waals surface area contributed by atoms with Crippen molar-refractivity contribution in [3.63, 3.8) is 0 Å². The third-order valence-corrected chi connectivity index (χ3v) is 10.8. The molecule has 20 heavy (non-hydrogen) atoms. The summed E-state index contributed by atoms with van der Waals surface area (Å²) in [5, 5.41) is 0. The van der Waals surface area contributed by atoms with E-state index in [2.05, 4.69) is 55.4 Å². The van der Waals surface area contributed by atoms with E-state index in [4.69, 9.17) is 0 Å². The maximum atomic E-state index is 2.41. The molecule has 0 saturated carbocycles. The van der Waals surface area contributed by atoms with Crippen LogP contribution in [0.15, 0.2) is 40.0 Å². The second kappa shape index (κ2) is 6.49. The summed E-state index contributed by atoms with van der Waals surface area (Å²) in [6.45, 7) is 18.8. The van der Waals surface area contributed by atoms with E-state index in [1.807, 2.05) is 6.56 Å². The third-order valence-electron chi connectivity index (χ3n) is 5.55.